The monoisotopic (exact) mass is 381 g/mol. The van der Waals surface area contributed by atoms with Crippen LogP contribution in [-0.4, -0.2) is 55.2 Å². The summed E-state index contributed by atoms with van der Waals surface area (Å²) in [5.41, 5.74) is 2.39. The van der Waals surface area contributed by atoms with Crippen LogP contribution >= 0.6 is 0 Å². The molecule has 1 saturated heterocycles. The minimum absolute atomic E-state index is 0.00247. The molecule has 2 aromatic rings. The molecule has 1 fully saturated rings. The van der Waals surface area contributed by atoms with Gasteiger partial charge in [-0.3, -0.25) is 19.4 Å². The Labute approximate surface area is 165 Å². The van der Waals surface area contributed by atoms with Crippen LogP contribution in [0.3, 0.4) is 0 Å². The second-order valence-electron chi connectivity index (χ2n) is 7.85. The number of nitriles is 1. The van der Waals surface area contributed by atoms with Gasteiger partial charge in [-0.05, 0) is 46.1 Å². The zero-order chi connectivity index (χ0) is 20.1. The van der Waals surface area contributed by atoms with Crippen LogP contribution in [0.4, 0.5) is 0 Å². The molecule has 1 amide bonds. The van der Waals surface area contributed by atoms with Crippen molar-refractivity contribution in [3.05, 3.63) is 30.4 Å². The fourth-order valence-corrected chi connectivity index (χ4v) is 3.38. The second-order valence-corrected chi connectivity index (χ2v) is 7.85. The summed E-state index contributed by atoms with van der Waals surface area (Å²) < 4.78 is 1.96. The van der Waals surface area contributed by atoms with E-state index in [1.165, 1.54) is 0 Å². The van der Waals surface area contributed by atoms with Crippen molar-refractivity contribution in [1.82, 2.24) is 30.0 Å². The quantitative estimate of drug-likeness (QED) is 0.786. The molecule has 0 aliphatic carbocycles. The van der Waals surface area contributed by atoms with Crippen LogP contribution in [0, 0.1) is 18.3 Å². The zero-order valence-electron chi connectivity index (χ0n) is 16.7. The highest BCUT2D eigenvalue weighted by atomic mass is 16.2. The first-order chi connectivity index (χ1) is 13.4. The highest BCUT2D eigenvalue weighted by molar-refractivity contribution is 5.79. The first-order valence-electron chi connectivity index (χ1n) is 9.64. The summed E-state index contributed by atoms with van der Waals surface area (Å²) in [4.78, 5) is 22.5. The van der Waals surface area contributed by atoms with E-state index in [-0.39, 0.29) is 24.0 Å². The van der Waals surface area contributed by atoms with E-state index >= 15 is 0 Å². The minimum atomic E-state index is -0.274. The van der Waals surface area contributed by atoms with Gasteiger partial charge in [0.05, 0.1) is 18.8 Å². The lowest BCUT2D eigenvalue weighted by atomic mass is 10.0. The number of rotatable bonds is 7. The summed E-state index contributed by atoms with van der Waals surface area (Å²) in [7, 11) is 0. The standard InChI is InChI=1S/C20H27N7O/c1-15-11-17(18-13-22-7-8-23-18)25-27(15)10-6-20(2,3)24-14-19(28)26-9-4-5-16(26)12-21/h7-8,11,13,16,24H,4-6,9-10,14H2,1-3H3/t16-/m0/s1. The van der Waals surface area contributed by atoms with Crippen LogP contribution in [0.2, 0.25) is 0 Å². The van der Waals surface area contributed by atoms with Gasteiger partial charge in [0.1, 0.15) is 17.4 Å². The molecule has 0 aromatic carbocycles. The highest BCUT2D eigenvalue weighted by Gasteiger charge is 2.29. The molecule has 8 nitrogen and oxygen atoms in total. The summed E-state index contributed by atoms with van der Waals surface area (Å²) in [6, 6.07) is 3.95. The van der Waals surface area contributed by atoms with Crippen LogP contribution in [0.1, 0.15) is 38.8 Å². The van der Waals surface area contributed by atoms with Gasteiger partial charge >= 0.3 is 0 Å². The van der Waals surface area contributed by atoms with Crippen LogP contribution < -0.4 is 5.32 Å². The van der Waals surface area contributed by atoms with Crippen LogP contribution in [-0.2, 0) is 11.3 Å². The van der Waals surface area contributed by atoms with E-state index in [9.17, 15) is 4.79 Å². The third-order valence-electron chi connectivity index (χ3n) is 5.20. The Bertz CT molecular complexity index is 853. The fourth-order valence-electron chi connectivity index (χ4n) is 3.38. The molecule has 0 bridgehead atoms. The normalized spacial score (nSPS) is 16.9. The Morgan fingerprint density at radius 2 is 2.21 bits per heavy atom. The molecule has 3 heterocycles. The topological polar surface area (TPSA) is 99.7 Å². The predicted octanol–water partition coefficient (Wildman–Crippen LogP) is 1.92. The number of nitrogens with zero attached hydrogens (tertiary/aromatic N) is 6. The minimum Gasteiger partial charge on any atom is -0.326 e. The lowest BCUT2D eigenvalue weighted by Gasteiger charge is -2.28. The van der Waals surface area contributed by atoms with E-state index in [4.69, 9.17) is 5.26 Å². The molecule has 0 radical (unpaired) electrons. The van der Waals surface area contributed by atoms with Crippen molar-refractivity contribution in [2.75, 3.05) is 13.1 Å². The molecule has 148 valence electrons. The number of hydrogen-bond donors (Lipinski definition) is 1. The molecule has 0 spiro atoms. The molecule has 0 saturated carbocycles. The molecule has 1 aliphatic rings. The molecule has 3 rings (SSSR count). The second kappa shape index (κ2) is 8.48. The number of hydrogen-bond acceptors (Lipinski definition) is 6. The summed E-state index contributed by atoms with van der Waals surface area (Å²) in [6.45, 7) is 7.82. The SMILES string of the molecule is Cc1cc(-c2cnccn2)nn1CCC(C)(C)NCC(=O)N1CCC[C@H]1C#N. The maximum absolute atomic E-state index is 12.4. The smallest absolute Gasteiger partial charge is 0.237 e. The van der Waals surface area contributed by atoms with Crippen molar-refractivity contribution in [2.24, 2.45) is 0 Å². The van der Waals surface area contributed by atoms with Gasteiger partial charge in [-0.25, -0.2) is 0 Å². The number of carbonyl (C=O) groups excluding carboxylic acids is 1. The summed E-state index contributed by atoms with van der Waals surface area (Å²) in [6.07, 6.45) is 7.49. The van der Waals surface area contributed by atoms with Gasteiger partial charge in [-0.15, -0.1) is 0 Å². The van der Waals surface area contributed by atoms with Crippen molar-refractivity contribution in [2.45, 2.75) is 58.2 Å². The van der Waals surface area contributed by atoms with Crippen LogP contribution in [0.5, 0.6) is 0 Å². The Kier molecular flexibility index (Phi) is 6.05. The average Bonchev–Trinajstić information content (AvgIpc) is 3.32. The fraction of sp³-hybridized carbons (Fsp3) is 0.550. The number of nitrogens with one attached hydrogen (secondary N) is 1. The first-order valence-corrected chi connectivity index (χ1v) is 9.64. The predicted molar refractivity (Wildman–Crippen MR) is 105 cm³/mol. The molecular weight excluding hydrogens is 354 g/mol. The maximum Gasteiger partial charge on any atom is 0.237 e. The van der Waals surface area contributed by atoms with Gasteiger partial charge in [-0.2, -0.15) is 10.4 Å². The molecule has 2 aromatic heterocycles. The Morgan fingerprint density at radius 3 is 2.93 bits per heavy atom. The van der Waals surface area contributed by atoms with Crippen molar-refractivity contribution in [3.8, 4) is 17.5 Å². The zero-order valence-corrected chi connectivity index (χ0v) is 16.7. The van der Waals surface area contributed by atoms with Gasteiger partial charge in [0.15, 0.2) is 0 Å². The summed E-state index contributed by atoms with van der Waals surface area (Å²) >= 11 is 0. The third kappa shape index (κ3) is 4.73. The number of amides is 1. The molecule has 8 heteroatoms. The van der Waals surface area contributed by atoms with Gasteiger partial charge < -0.3 is 10.2 Å². The number of likely N-dealkylation sites (tertiary alicyclic amines) is 1. The lowest BCUT2D eigenvalue weighted by molar-refractivity contribution is -0.130. The van der Waals surface area contributed by atoms with E-state index in [0.29, 0.717) is 6.54 Å². The number of aromatic nitrogens is 4. The first kappa shape index (κ1) is 20.0. The molecular formula is C20H27N7O. The summed E-state index contributed by atoms with van der Waals surface area (Å²) in [5, 5.41) is 17.1. The van der Waals surface area contributed by atoms with E-state index in [1.54, 1.807) is 23.5 Å². The van der Waals surface area contributed by atoms with Crippen molar-refractivity contribution in [1.29, 1.82) is 5.26 Å². The molecule has 28 heavy (non-hydrogen) atoms. The van der Waals surface area contributed by atoms with Crippen LogP contribution in [0.25, 0.3) is 11.4 Å². The lowest BCUT2D eigenvalue weighted by Crippen LogP contribution is -2.48. The Balaban J connectivity index is 1.54. The average molecular weight is 381 g/mol. The van der Waals surface area contributed by atoms with E-state index in [2.05, 4.69) is 40.3 Å². The van der Waals surface area contributed by atoms with E-state index in [0.717, 1.165) is 42.9 Å². The summed E-state index contributed by atoms with van der Waals surface area (Å²) in [5.74, 6) is -0.00247. The molecule has 1 aliphatic heterocycles. The van der Waals surface area contributed by atoms with Crippen molar-refractivity contribution < 1.29 is 4.79 Å². The van der Waals surface area contributed by atoms with Crippen molar-refractivity contribution in [3.63, 3.8) is 0 Å². The van der Waals surface area contributed by atoms with Gasteiger partial charge in [0.25, 0.3) is 0 Å². The van der Waals surface area contributed by atoms with Crippen LogP contribution in [0.15, 0.2) is 24.7 Å². The highest BCUT2D eigenvalue weighted by Crippen LogP contribution is 2.19. The van der Waals surface area contributed by atoms with Gasteiger partial charge in [-0.1, -0.05) is 0 Å². The number of aryl methyl sites for hydroxylation is 2. The third-order valence-corrected chi connectivity index (χ3v) is 5.20. The Morgan fingerprint density at radius 1 is 1.39 bits per heavy atom. The number of carbonyl (C=O) groups is 1. The van der Waals surface area contributed by atoms with Crippen molar-refractivity contribution >= 4 is 5.91 Å². The maximum atomic E-state index is 12.4. The van der Waals surface area contributed by atoms with Gasteiger partial charge in [0.2, 0.25) is 5.91 Å². The van der Waals surface area contributed by atoms with E-state index < -0.39 is 0 Å². The molecule has 0 unspecified atom stereocenters. The molecule has 1 N–H and O–H groups in total. The van der Waals surface area contributed by atoms with Gasteiger partial charge in [0, 0.05) is 36.7 Å². The van der Waals surface area contributed by atoms with E-state index in [1.807, 2.05) is 17.7 Å². The molecule has 1 atom stereocenters. The Hall–Kier alpha value is -2.79. The largest absolute Gasteiger partial charge is 0.326 e.